The van der Waals surface area contributed by atoms with Crippen molar-refractivity contribution >= 4 is 11.9 Å². The summed E-state index contributed by atoms with van der Waals surface area (Å²) >= 11 is 0. The maximum atomic E-state index is 11.5. The number of hydrogen-bond acceptors (Lipinski definition) is 3. The number of carboxylic acid groups (broad SMARTS) is 1. The quantitative estimate of drug-likeness (QED) is 0.765. The van der Waals surface area contributed by atoms with Crippen LogP contribution in [0.15, 0.2) is 0 Å². The second-order valence-corrected chi connectivity index (χ2v) is 5.38. The molecule has 4 heteroatoms. The van der Waals surface area contributed by atoms with E-state index in [1.807, 2.05) is 0 Å². The van der Waals surface area contributed by atoms with E-state index < -0.39 is 5.97 Å². The molecule has 0 radical (unpaired) electrons. The van der Waals surface area contributed by atoms with Gasteiger partial charge in [-0.2, -0.15) is 0 Å². The van der Waals surface area contributed by atoms with E-state index in [2.05, 4.69) is 6.92 Å². The summed E-state index contributed by atoms with van der Waals surface area (Å²) in [7, 11) is 0. The summed E-state index contributed by atoms with van der Waals surface area (Å²) in [5, 5.41) is 8.50. The summed E-state index contributed by atoms with van der Waals surface area (Å²) in [4.78, 5) is 21.8. The third-order valence-corrected chi connectivity index (χ3v) is 4.32. The van der Waals surface area contributed by atoms with Gasteiger partial charge >= 0.3 is 11.9 Å². The van der Waals surface area contributed by atoms with Crippen LogP contribution in [-0.4, -0.2) is 23.1 Å². The molecule has 0 unspecified atom stereocenters. The lowest BCUT2D eigenvalue weighted by atomic mass is 9.93. The number of aliphatic carboxylic acids is 1. The minimum atomic E-state index is -0.944. The minimum Gasteiger partial charge on any atom is -0.481 e. The second-order valence-electron chi connectivity index (χ2n) is 5.38. The van der Waals surface area contributed by atoms with Crippen molar-refractivity contribution < 1.29 is 19.4 Å². The van der Waals surface area contributed by atoms with E-state index in [-0.39, 0.29) is 24.9 Å². The van der Waals surface area contributed by atoms with Gasteiger partial charge < -0.3 is 9.84 Å². The standard InChI is InChI=1S/C13H20O4/c1-8-2-3-10-9(8)4-5-11(10)17-13(16)7-6-12(14)15/h8-11H,2-7H2,1H3,(H,14,15)/t8-,9-,10+,11-/m1/s1. The molecule has 2 saturated carbocycles. The molecule has 0 aromatic carbocycles. The van der Waals surface area contributed by atoms with Gasteiger partial charge in [0.1, 0.15) is 6.10 Å². The van der Waals surface area contributed by atoms with E-state index in [0.29, 0.717) is 11.8 Å². The van der Waals surface area contributed by atoms with Gasteiger partial charge in [0, 0.05) is 0 Å². The first-order chi connectivity index (χ1) is 8.08. The van der Waals surface area contributed by atoms with Crippen molar-refractivity contribution in [2.24, 2.45) is 17.8 Å². The Bertz CT molecular complexity index is 313. The van der Waals surface area contributed by atoms with Gasteiger partial charge in [0.2, 0.25) is 0 Å². The predicted molar refractivity (Wildman–Crippen MR) is 61.4 cm³/mol. The van der Waals surface area contributed by atoms with E-state index in [1.54, 1.807) is 0 Å². The summed E-state index contributed by atoms with van der Waals surface area (Å²) in [6.07, 6.45) is 4.42. The molecule has 2 aliphatic carbocycles. The molecule has 0 aliphatic heterocycles. The number of carbonyl (C=O) groups excluding carboxylic acids is 1. The van der Waals surface area contributed by atoms with E-state index in [9.17, 15) is 9.59 Å². The van der Waals surface area contributed by atoms with Crippen molar-refractivity contribution in [3.8, 4) is 0 Å². The van der Waals surface area contributed by atoms with Crippen LogP contribution in [0.25, 0.3) is 0 Å². The molecule has 2 aliphatic rings. The van der Waals surface area contributed by atoms with Crippen LogP contribution in [0.4, 0.5) is 0 Å². The number of carboxylic acids is 1. The van der Waals surface area contributed by atoms with Gasteiger partial charge in [-0.1, -0.05) is 13.3 Å². The molecule has 4 atom stereocenters. The third-order valence-electron chi connectivity index (χ3n) is 4.32. The molecule has 2 rings (SSSR count). The molecule has 17 heavy (non-hydrogen) atoms. The largest absolute Gasteiger partial charge is 0.481 e. The molecule has 0 aromatic rings. The first-order valence-electron chi connectivity index (χ1n) is 6.49. The normalized spacial score (nSPS) is 35.6. The lowest BCUT2D eigenvalue weighted by molar-refractivity contribution is -0.153. The van der Waals surface area contributed by atoms with E-state index in [0.717, 1.165) is 25.2 Å². The number of rotatable bonds is 4. The Labute approximate surface area is 101 Å². The maximum Gasteiger partial charge on any atom is 0.306 e. The van der Waals surface area contributed by atoms with Crippen molar-refractivity contribution in [3.05, 3.63) is 0 Å². The third kappa shape index (κ3) is 2.79. The Kier molecular flexibility index (Phi) is 3.69. The summed E-state index contributed by atoms with van der Waals surface area (Å²) in [6, 6.07) is 0. The van der Waals surface area contributed by atoms with Crippen molar-refractivity contribution in [1.82, 2.24) is 0 Å². The lowest BCUT2D eigenvalue weighted by Gasteiger charge is -2.19. The average Bonchev–Trinajstić information content (AvgIpc) is 2.81. The summed E-state index contributed by atoms with van der Waals surface area (Å²) in [5.74, 6) is 0.701. The predicted octanol–water partition coefficient (Wildman–Crippen LogP) is 2.22. The second kappa shape index (κ2) is 5.07. The fraction of sp³-hybridized carbons (Fsp3) is 0.846. The zero-order chi connectivity index (χ0) is 12.4. The Morgan fingerprint density at radius 2 is 1.82 bits per heavy atom. The molecule has 96 valence electrons. The highest BCUT2D eigenvalue weighted by atomic mass is 16.5. The molecule has 0 saturated heterocycles. The van der Waals surface area contributed by atoms with Crippen LogP contribution in [0.1, 0.15) is 45.4 Å². The molecule has 1 N–H and O–H groups in total. The lowest BCUT2D eigenvalue weighted by Crippen LogP contribution is -2.23. The molecule has 0 spiro atoms. The molecule has 0 bridgehead atoms. The van der Waals surface area contributed by atoms with Gasteiger partial charge in [0.05, 0.1) is 12.8 Å². The van der Waals surface area contributed by atoms with Crippen LogP contribution in [0.5, 0.6) is 0 Å². The molecule has 0 heterocycles. The zero-order valence-corrected chi connectivity index (χ0v) is 10.2. The van der Waals surface area contributed by atoms with Gasteiger partial charge in [-0.15, -0.1) is 0 Å². The molecule has 2 fully saturated rings. The first-order valence-corrected chi connectivity index (χ1v) is 6.49. The number of carbonyl (C=O) groups is 2. The minimum absolute atomic E-state index is 0.00122. The smallest absolute Gasteiger partial charge is 0.306 e. The summed E-state index contributed by atoms with van der Waals surface area (Å²) in [5.41, 5.74) is 0. The van der Waals surface area contributed by atoms with E-state index >= 15 is 0 Å². The molecule has 0 aromatic heterocycles. The van der Waals surface area contributed by atoms with Crippen LogP contribution in [0.2, 0.25) is 0 Å². The van der Waals surface area contributed by atoms with Gasteiger partial charge in [0.25, 0.3) is 0 Å². The van der Waals surface area contributed by atoms with Gasteiger partial charge in [0.15, 0.2) is 0 Å². The van der Waals surface area contributed by atoms with E-state index in [1.165, 1.54) is 6.42 Å². The van der Waals surface area contributed by atoms with Crippen molar-refractivity contribution in [3.63, 3.8) is 0 Å². The molecule has 0 amide bonds. The van der Waals surface area contributed by atoms with Crippen molar-refractivity contribution in [1.29, 1.82) is 0 Å². The maximum absolute atomic E-state index is 11.5. The van der Waals surface area contributed by atoms with Crippen LogP contribution in [-0.2, 0) is 14.3 Å². The number of ether oxygens (including phenoxy) is 1. The topological polar surface area (TPSA) is 63.6 Å². The molecule has 4 nitrogen and oxygen atoms in total. The first kappa shape index (κ1) is 12.4. The van der Waals surface area contributed by atoms with Crippen LogP contribution in [0, 0.1) is 17.8 Å². The molecular weight excluding hydrogens is 220 g/mol. The fourth-order valence-corrected chi connectivity index (χ4v) is 3.42. The number of hydrogen-bond donors (Lipinski definition) is 1. The average molecular weight is 240 g/mol. The Balaban J connectivity index is 1.80. The highest BCUT2D eigenvalue weighted by molar-refractivity contribution is 5.76. The van der Waals surface area contributed by atoms with Crippen molar-refractivity contribution in [2.45, 2.75) is 51.6 Å². The highest BCUT2D eigenvalue weighted by Gasteiger charge is 2.44. The summed E-state index contributed by atoms with van der Waals surface area (Å²) < 4.78 is 5.42. The fourth-order valence-electron chi connectivity index (χ4n) is 3.42. The summed E-state index contributed by atoms with van der Waals surface area (Å²) in [6.45, 7) is 2.28. The Hall–Kier alpha value is -1.06. The van der Waals surface area contributed by atoms with Gasteiger partial charge in [-0.3, -0.25) is 9.59 Å². The molecular formula is C13H20O4. The SMILES string of the molecule is C[C@@H]1CC[C@H]2[C@@H]1CC[C@H]2OC(=O)CCC(=O)O. The van der Waals surface area contributed by atoms with Crippen molar-refractivity contribution in [2.75, 3.05) is 0 Å². The van der Waals surface area contributed by atoms with Crippen LogP contribution in [0.3, 0.4) is 0 Å². The zero-order valence-electron chi connectivity index (χ0n) is 10.2. The highest BCUT2D eigenvalue weighted by Crippen LogP contribution is 2.48. The Morgan fingerprint density at radius 1 is 1.12 bits per heavy atom. The monoisotopic (exact) mass is 240 g/mol. The number of fused-ring (bicyclic) bond motifs is 1. The Morgan fingerprint density at radius 3 is 2.53 bits per heavy atom. The van der Waals surface area contributed by atoms with Crippen LogP contribution >= 0.6 is 0 Å². The van der Waals surface area contributed by atoms with Gasteiger partial charge in [-0.05, 0) is 37.0 Å². The number of esters is 1. The van der Waals surface area contributed by atoms with Crippen LogP contribution < -0.4 is 0 Å². The van der Waals surface area contributed by atoms with Gasteiger partial charge in [-0.25, -0.2) is 0 Å². The van der Waals surface area contributed by atoms with E-state index in [4.69, 9.17) is 9.84 Å².